The van der Waals surface area contributed by atoms with Crippen LogP contribution in [0.1, 0.15) is 18.1 Å². The summed E-state index contributed by atoms with van der Waals surface area (Å²) in [6, 6.07) is 3.90. The fraction of sp³-hybridized carbons (Fsp3) is 0.444. The lowest BCUT2D eigenvalue weighted by atomic mass is 10.1. The molecule has 0 saturated heterocycles. The van der Waals surface area contributed by atoms with Crippen molar-refractivity contribution in [1.29, 1.82) is 0 Å². The molecule has 0 aromatic carbocycles. The first kappa shape index (κ1) is 9.16. The SMILES string of the molecule is COC(CCN)c1cccnc1. The summed E-state index contributed by atoms with van der Waals surface area (Å²) in [6.45, 7) is 0.632. The molecule has 0 spiro atoms. The fourth-order valence-electron chi connectivity index (χ4n) is 1.14. The van der Waals surface area contributed by atoms with Gasteiger partial charge in [0, 0.05) is 19.5 Å². The lowest BCUT2D eigenvalue weighted by Gasteiger charge is -2.13. The van der Waals surface area contributed by atoms with Crippen molar-refractivity contribution in [2.45, 2.75) is 12.5 Å². The molecule has 1 rings (SSSR count). The van der Waals surface area contributed by atoms with Crippen LogP contribution in [-0.2, 0) is 4.74 Å². The molecule has 12 heavy (non-hydrogen) atoms. The molecule has 0 amide bonds. The molecule has 1 atom stereocenters. The summed E-state index contributed by atoms with van der Waals surface area (Å²) in [5.74, 6) is 0. The molecule has 2 N–H and O–H groups in total. The first-order chi connectivity index (χ1) is 5.88. The Morgan fingerprint density at radius 1 is 1.67 bits per heavy atom. The zero-order valence-corrected chi connectivity index (χ0v) is 7.23. The van der Waals surface area contributed by atoms with E-state index in [-0.39, 0.29) is 6.10 Å². The topological polar surface area (TPSA) is 48.1 Å². The Morgan fingerprint density at radius 2 is 2.50 bits per heavy atom. The molecule has 1 aromatic rings. The molecule has 0 saturated carbocycles. The largest absolute Gasteiger partial charge is 0.377 e. The monoisotopic (exact) mass is 166 g/mol. The first-order valence-electron chi connectivity index (χ1n) is 4.01. The molecule has 0 fully saturated rings. The van der Waals surface area contributed by atoms with Gasteiger partial charge in [0.1, 0.15) is 0 Å². The maximum Gasteiger partial charge on any atom is 0.0848 e. The second kappa shape index (κ2) is 4.85. The van der Waals surface area contributed by atoms with E-state index in [0.717, 1.165) is 12.0 Å². The van der Waals surface area contributed by atoms with Crippen molar-refractivity contribution in [3.63, 3.8) is 0 Å². The highest BCUT2D eigenvalue weighted by Crippen LogP contribution is 2.17. The van der Waals surface area contributed by atoms with E-state index in [2.05, 4.69) is 4.98 Å². The summed E-state index contributed by atoms with van der Waals surface area (Å²) < 4.78 is 5.26. The van der Waals surface area contributed by atoms with Gasteiger partial charge in [0.2, 0.25) is 0 Å². The second-order valence-electron chi connectivity index (χ2n) is 2.59. The Balaban J connectivity index is 2.66. The van der Waals surface area contributed by atoms with E-state index in [1.165, 1.54) is 0 Å². The molecule has 3 heteroatoms. The van der Waals surface area contributed by atoms with E-state index in [4.69, 9.17) is 10.5 Å². The van der Waals surface area contributed by atoms with Crippen LogP contribution in [0.15, 0.2) is 24.5 Å². The zero-order chi connectivity index (χ0) is 8.81. The summed E-state index contributed by atoms with van der Waals surface area (Å²) in [5.41, 5.74) is 6.53. The van der Waals surface area contributed by atoms with Crippen molar-refractivity contribution < 1.29 is 4.74 Å². The molecular formula is C9H14N2O. The van der Waals surface area contributed by atoms with Crippen LogP contribution >= 0.6 is 0 Å². The number of nitrogens with two attached hydrogens (primary N) is 1. The Bertz CT molecular complexity index is 213. The second-order valence-corrected chi connectivity index (χ2v) is 2.59. The minimum atomic E-state index is 0.0868. The number of aromatic nitrogens is 1. The average molecular weight is 166 g/mol. The molecule has 3 nitrogen and oxygen atoms in total. The van der Waals surface area contributed by atoms with Crippen molar-refractivity contribution in [3.05, 3.63) is 30.1 Å². The van der Waals surface area contributed by atoms with Crippen molar-refractivity contribution in [2.75, 3.05) is 13.7 Å². The van der Waals surface area contributed by atoms with Crippen LogP contribution in [0.4, 0.5) is 0 Å². The van der Waals surface area contributed by atoms with Gasteiger partial charge >= 0.3 is 0 Å². The fourth-order valence-corrected chi connectivity index (χ4v) is 1.14. The highest BCUT2D eigenvalue weighted by Gasteiger charge is 2.07. The first-order valence-corrected chi connectivity index (χ1v) is 4.01. The molecule has 1 heterocycles. The van der Waals surface area contributed by atoms with E-state index in [1.54, 1.807) is 13.3 Å². The Morgan fingerprint density at radius 3 is 3.00 bits per heavy atom. The van der Waals surface area contributed by atoms with Gasteiger partial charge in [0.05, 0.1) is 6.10 Å². The predicted molar refractivity (Wildman–Crippen MR) is 47.7 cm³/mol. The highest BCUT2D eigenvalue weighted by molar-refractivity contribution is 5.11. The van der Waals surface area contributed by atoms with Crippen LogP contribution in [0, 0.1) is 0 Å². The highest BCUT2D eigenvalue weighted by atomic mass is 16.5. The Labute approximate surface area is 72.6 Å². The standard InChI is InChI=1S/C9H14N2O/c1-12-9(4-5-10)8-3-2-6-11-7-8/h2-3,6-7,9H,4-5,10H2,1H3. The number of hydrogen-bond donors (Lipinski definition) is 1. The third-order valence-corrected chi connectivity index (χ3v) is 1.77. The lowest BCUT2D eigenvalue weighted by Crippen LogP contribution is -2.09. The van der Waals surface area contributed by atoms with Gasteiger partial charge in [-0.05, 0) is 24.6 Å². The van der Waals surface area contributed by atoms with E-state index < -0.39 is 0 Å². The third kappa shape index (κ3) is 2.29. The predicted octanol–water partition coefficient (Wildman–Crippen LogP) is 1.12. The maximum atomic E-state index is 5.44. The molecule has 1 aromatic heterocycles. The van der Waals surface area contributed by atoms with Crippen LogP contribution in [0.5, 0.6) is 0 Å². The summed E-state index contributed by atoms with van der Waals surface area (Å²) >= 11 is 0. The number of pyridine rings is 1. The molecule has 0 aliphatic heterocycles. The van der Waals surface area contributed by atoms with Gasteiger partial charge in [-0.25, -0.2) is 0 Å². The molecule has 0 radical (unpaired) electrons. The minimum Gasteiger partial charge on any atom is -0.377 e. The van der Waals surface area contributed by atoms with Gasteiger partial charge in [0.15, 0.2) is 0 Å². The van der Waals surface area contributed by atoms with E-state index in [1.807, 2.05) is 18.3 Å². The average Bonchev–Trinajstić information content (AvgIpc) is 2.15. The normalized spacial score (nSPS) is 12.8. The lowest BCUT2D eigenvalue weighted by molar-refractivity contribution is 0.0975. The number of nitrogens with zero attached hydrogens (tertiary/aromatic N) is 1. The molecule has 0 aliphatic carbocycles. The number of rotatable bonds is 4. The summed E-state index contributed by atoms with van der Waals surface area (Å²) in [5, 5.41) is 0. The molecule has 1 unspecified atom stereocenters. The van der Waals surface area contributed by atoms with Crippen LogP contribution in [0.25, 0.3) is 0 Å². The van der Waals surface area contributed by atoms with Gasteiger partial charge < -0.3 is 10.5 Å². The van der Waals surface area contributed by atoms with Crippen LogP contribution in [-0.4, -0.2) is 18.6 Å². The summed E-state index contributed by atoms with van der Waals surface area (Å²) in [7, 11) is 1.69. The maximum absolute atomic E-state index is 5.44. The third-order valence-electron chi connectivity index (χ3n) is 1.77. The van der Waals surface area contributed by atoms with Gasteiger partial charge in [-0.3, -0.25) is 4.98 Å². The van der Waals surface area contributed by atoms with Crippen LogP contribution in [0.3, 0.4) is 0 Å². The van der Waals surface area contributed by atoms with Crippen molar-refractivity contribution >= 4 is 0 Å². The van der Waals surface area contributed by atoms with Crippen molar-refractivity contribution in [2.24, 2.45) is 5.73 Å². The minimum absolute atomic E-state index is 0.0868. The van der Waals surface area contributed by atoms with E-state index >= 15 is 0 Å². The molecule has 0 bridgehead atoms. The molecular weight excluding hydrogens is 152 g/mol. The Hall–Kier alpha value is -0.930. The molecule has 66 valence electrons. The molecule has 0 aliphatic rings. The van der Waals surface area contributed by atoms with Crippen LogP contribution < -0.4 is 5.73 Å². The number of ether oxygens (including phenoxy) is 1. The summed E-state index contributed by atoms with van der Waals surface area (Å²) in [6.07, 6.45) is 4.48. The quantitative estimate of drug-likeness (QED) is 0.729. The van der Waals surface area contributed by atoms with Gasteiger partial charge in [-0.2, -0.15) is 0 Å². The van der Waals surface area contributed by atoms with E-state index in [0.29, 0.717) is 6.54 Å². The van der Waals surface area contributed by atoms with Crippen LogP contribution in [0.2, 0.25) is 0 Å². The summed E-state index contributed by atoms with van der Waals surface area (Å²) in [4.78, 5) is 4.01. The van der Waals surface area contributed by atoms with Crippen molar-refractivity contribution in [1.82, 2.24) is 4.98 Å². The Kier molecular flexibility index (Phi) is 3.70. The van der Waals surface area contributed by atoms with Gasteiger partial charge in [-0.15, -0.1) is 0 Å². The smallest absolute Gasteiger partial charge is 0.0848 e. The van der Waals surface area contributed by atoms with Gasteiger partial charge in [-0.1, -0.05) is 6.07 Å². The van der Waals surface area contributed by atoms with E-state index in [9.17, 15) is 0 Å². The number of methoxy groups -OCH3 is 1. The van der Waals surface area contributed by atoms with Gasteiger partial charge in [0.25, 0.3) is 0 Å². The van der Waals surface area contributed by atoms with Crippen molar-refractivity contribution in [3.8, 4) is 0 Å². The zero-order valence-electron chi connectivity index (χ0n) is 7.23. The number of hydrogen-bond acceptors (Lipinski definition) is 3.